The average molecular weight is 290 g/mol. The van der Waals surface area contributed by atoms with E-state index in [1.807, 2.05) is 24.3 Å². The van der Waals surface area contributed by atoms with Crippen molar-refractivity contribution in [2.75, 3.05) is 12.4 Å². The number of nitrogens with zero attached hydrogens (tertiary/aromatic N) is 1. The largest absolute Gasteiger partial charge is 0.396 e. The van der Waals surface area contributed by atoms with E-state index >= 15 is 0 Å². The van der Waals surface area contributed by atoms with E-state index in [2.05, 4.69) is 16.9 Å². The molecular formula is C15H18N2O2S. The minimum atomic E-state index is -0.173. The summed E-state index contributed by atoms with van der Waals surface area (Å²) in [5.41, 5.74) is 1.94. The van der Waals surface area contributed by atoms with Crippen LogP contribution in [-0.2, 0) is 6.42 Å². The molecule has 2 N–H and O–H groups in total. The fourth-order valence-corrected chi connectivity index (χ4v) is 2.69. The Morgan fingerprint density at radius 2 is 2.00 bits per heavy atom. The molecule has 5 heteroatoms. The molecule has 0 radical (unpaired) electrons. The van der Waals surface area contributed by atoms with Crippen LogP contribution >= 0.6 is 11.8 Å². The van der Waals surface area contributed by atoms with E-state index in [0.717, 1.165) is 11.3 Å². The lowest BCUT2D eigenvalue weighted by Gasteiger charge is -2.07. The fraction of sp³-hybridized carbons (Fsp3) is 0.333. The van der Waals surface area contributed by atoms with E-state index in [1.54, 1.807) is 18.7 Å². The first kappa shape index (κ1) is 14.8. The summed E-state index contributed by atoms with van der Waals surface area (Å²) in [4.78, 5) is 20.4. The van der Waals surface area contributed by atoms with Gasteiger partial charge in [0.05, 0.1) is 0 Å². The highest BCUT2D eigenvalue weighted by Gasteiger charge is 2.09. The highest BCUT2D eigenvalue weighted by Crippen LogP contribution is 2.21. The number of aliphatic hydroxyl groups excluding tert-OH is 1. The molecule has 0 aliphatic rings. The van der Waals surface area contributed by atoms with Crippen molar-refractivity contribution in [3.63, 3.8) is 0 Å². The van der Waals surface area contributed by atoms with E-state index in [4.69, 9.17) is 5.11 Å². The lowest BCUT2D eigenvalue weighted by Crippen LogP contribution is -2.18. The quantitative estimate of drug-likeness (QED) is 0.830. The van der Waals surface area contributed by atoms with Crippen molar-refractivity contribution >= 4 is 11.8 Å². The summed E-state index contributed by atoms with van der Waals surface area (Å²) in [6.07, 6.45) is 0.334. The van der Waals surface area contributed by atoms with Crippen LogP contribution in [0.15, 0.2) is 34.0 Å². The molecule has 0 unspecified atom stereocenters. The number of H-pyrrole nitrogens is 1. The van der Waals surface area contributed by atoms with Gasteiger partial charge in [-0.1, -0.05) is 19.1 Å². The highest BCUT2D eigenvalue weighted by molar-refractivity contribution is 7.99. The van der Waals surface area contributed by atoms with Crippen LogP contribution < -0.4 is 5.56 Å². The normalized spacial score (nSPS) is 10.8. The first-order chi connectivity index (χ1) is 9.65. The molecule has 1 aromatic heterocycles. The Bertz CT molecular complexity index is 635. The van der Waals surface area contributed by atoms with E-state index in [1.165, 1.54) is 4.90 Å². The molecule has 20 heavy (non-hydrogen) atoms. The van der Waals surface area contributed by atoms with Crippen LogP contribution in [0.2, 0.25) is 0 Å². The fourth-order valence-electron chi connectivity index (χ4n) is 2.03. The Morgan fingerprint density at radius 3 is 2.55 bits per heavy atom. The van der Waals surface area contributed by atoms with Gasteiger partial charge in [-0.15, -0.1) is 11.8 Å². The molecule has 0 aliphatic heterocycles. The number of thioether (sulfide) groups is 1. The van der Waals surface area contributed by atoms with Crippen molar-refractivity contribution in [1.29, 1.82) is 0 Å². The number of benzene rings is 1. The average Bonchev–Trinajstić information content (AvgIpc) is 2.44. The van der Waals surface area contributed by atoms with Crippen LogP contribution in [0.5, 0.6) is 0 Å². The molecule has 0 amide bonds. The van der Waals surface area contributed by atoms with E-state index in [-0.39, 0.29) is 12.2 Å². The number of rotatable bonds is 5. The predicted octanol–water partition coefficient (Wildman–Crippen LogP) is 2.39. The molecule has 106 valence electrons. The smallest absolute Gasteiger partial charge is 0.254 e. The van der Waals surface area contributed by atoms with Gasteiger partial charge in [0.25, 0.3) is 5.56 Å². The minimum absolute atomic E-state index is 0.0477. The minimum Gasteiger partial charge on any atom is -0.396 e. The first-order valence-corrected chi connectivity index (χ1v) is 7.58. The van der Waals surface area contributed by atoms with Crippen molar-refractivity contribution in [2.24, 2.45) is 0 Å². The Labute approximate surface area is 122 Å². The summed E-state index contributed by atoms with van der Waals surface area (Å²) in [6.45, 7) is 3.86. The summed E-state index contributed by atoms with van der Waals surface area (Å²) in [5.74, 6) is 1.60. The van der Waals surface area contributed by atoms with Gasteiger partial charge >= 0.3 is 0 Å². The van der Waals surface area contributed by atoms with Crippen LogP contribution in [-0.4, -0.2) is 27.4 Å². The lowest BCUT2D eigenvalue weighted by atomic mass is 10.1. The number of aryl methyl sites for hydroxylation is 1. The van der Waals surface area contributed by atoms with Crippen LogP contribution in [0, 0.1) is 6.92 Å². The molecule has 0 spiro atoms. The third kappa shape index (κ3) is 3.29. The molecule has 0 aliphatic carbocycles. The zero-order chi connectivity index (χ0) is 14.5. The SMILES string of the molecule is CCSc1ccc(-c2nc(C)c(CCO)c(=O)[nH]2)cc1. The van der Waals surface area contributed by atoms with Gasteiger partial charge < -0.3 is 10.1 Å². The maximum absolute atomic E-state index is 12.0. The molecular weight excluding hydrogens is 272 g/mol. The number of aromatic amines is 1. The van der Waals surface area contributed by atoms with Gasteiger partial charge in [-0.05, 0) is 24.8 Å². The van der Waals surface area contributed by atoms with Gasteiger partial charge in [0.15, 0.2) is 0 Å². The second-order valence-electron chi connectivity index (χ2n) is 4.41. The van der Waals surface area contributed by atoms with Crippen LogP contribution in [0.3, 0.4) is 0 Å². The molecule has 1 heterocycles. The monoisotopic (exact) mass is 290 g/mol. The molecule has 2 aromatic rings. The molecule has 1 aromatic carbocycles. The topological polar surface area (TPSA) is 66.0 Å². The molecule has 0 saturated heterocycles. The maximum Gasteiger partial charge on any atom is 0.254 e. The van der Waals surface area contributed by atoms with Crippen LogP contribution in [0.25, 0.3) is 11.4 Å². The Hall–Kier alpha value is -1.59. The highest BCUT2D eigenvalue weighted by atomic mass is 32.2. The molecule has 2 rings (SSSR count). The molecule has 0 fully saturated rings. The van der Waals surface area contributed by atoms with E-state index < -0.39 is 0 Å². The number of nitrogens with one attached hydrogen (secondary N) is 1. The molecule has 0 bridgehead atoms. The van der Waals surface area contributed by atoms with Crippen molar-refractivity contribution < 1.29 is 5.11 Å². The zero-order valence-electron chi connectivity index (χ0n) is 11.6. The summed E-state index contributed by atoms with van der Waals surface area (Å²) in [5, 5.41) is 8.95. The van der Waals surface area contributed by atoms with Crippen molar-refractivity contribution in [2.45, 2.75) is 25.2 Å². The standard InChI is InChI=1S/C15H18N2O2S/c1-3-20-12-6-4-11(5-7-12)14-16-10(2)13(8-9-18)15(19)17-14/h4-7,18H,3,8-9H2,1-2H3,(H,16,17,19). The second kappa shape index (κ2) is 6.72. The third-order valence-electron chi connectivity index (χ3n) is 3.02. The predicted molar refractivity (Wildman–Crippen MR) is 82.2 cm³/mol. The first-order valence-electron chi connectivity index (χ1n) is 6.59. The van der Waals surface area contributed by atoms with Gasteiger partial charge in [0.1, 0.15) is 5.82 Å². The van der Waals surface area contributed by atoms with Crippen LogP contribution in [0.4, 0.5) is 0 Å². The second-order valence-corrected chi connectivity index (χ2v) is 5.75. The van der Waals surface area contributed by atoms with Crippen molar-refractivity contribution in [3.05, 3.63) is 45.9 Å². The summed E-state index contributed by atoms with van der Waals surface area (Å²) >= 11 is 1.77. The van der Waals surface area contributed by atoms with Crippen LogP contribution in [0.1, 0.15) is 18.2 Å². The van der Waals surface area contributed by atoms with E-state index in [0.29, 0.717) is 23.5 Å². The summed E-state index contributed by atoms with van der Waals surface area (Å²) < 4.78 is 0. The van der Waals surface area contributed by atoms with Gasteiger partial charge in [0.2, 0.25) is 0 Å². The van der Waals surface area contributed by atoms with Gasteiger partial charge in [0, 0.05) is 34.7 Å². The number of hydrogen-bond donors (Lipinski definition) is 2. The molecule has 0 atom stereocenters. The molecule has 4 nitrogen and oxygen atoms in total. The Kier molecular flexibility index (Phi) is 4.98. The zero-order valence-corrected chi connectivity index (χ0v) is 12.5. The van der Waals surface area contributed by atoms with Gasteiger partial charge in [-0.25, -0.2) is 4.98 Å². The Morgan fingerprint density at radius 1 is 1.30 bits per heavy atom. The van der Waals surface area contributed by atoms with E-state index in [9.17, 15) is 4.79 Å². The maximum atomic E-state index is 12.0. The number of aromatic nitrogens is 2. The molecule has 0 saturated carbocycles. The number of aliphatic hydroxyl groups is 1. The van der Waals surface area contributed by atoms with Crippen molar-refractivity contribution in [1.82, 2.24) is 9.97 Å². The third-order valence-corrected chi connectivity index (χ3v) is 3.92. The summed E-state index contributed by atoms with van der Waals surface area (Å²) in [6, 6.07) is 7.98. The van der Waals surface area contributed by atoms with Crippen molar-refractivity contribution in [3.8, 4) is 11.4 Å². The number of hydrogen-bond acceptors (Lipinski definition) is 4. The van der Waals surface area contributed by atoms with Gasteiger partial charge in [-0.3, -0.25) is 4.79 Å². The summed E-state index contributed by atoms with van der Waals surface area (Å²) in [7, 11) is 0. The lowest BCUT2D eigenvalue weighted by molar-refractivity contribution is 0.298. The Balaban J connectivity index is 2.35. The van der Waals surface area contributed by atoms with Gasteiger partial charge in [-0.2, -0.15) is 0 Å².